The van der Waals surface area contributed by atoms with Crippen molar-refractivity contribution in [3.8, 4) is 0 Å². The smallest absolute Gasteiger partial charge is 0.187 e. The van der Waals surface area contributed by atoms with Gasteiger partial charge in [0.1, 0.15) is 0 Å². The fourth-order valence-corrected chi connectivity index (χ4v) is 3.28. The highest BCUT2D eigenvalue weighted by atomic mass is 32.2. The fourth-order valence-electron chi connectivity index (χ4n) is 2.96. The van der Waals surface area contributed by atoms with Crippen molar-refractivity contribution in [2.75, 3.05) is 12.8 Å². The van der Waals surface area contributed by atoms with Gasteiger partial charge in [0.2, 0.25) is 0 Å². The van der Waals surface area contributed by atoms with Crippen LogP contribution in [0.5, 0.6) is 0 Å². The van der Waals surface area contributed by atoms with E-state index < -0.39 is 0 Å². The topological polar surface area (TPSA) is 54.8 Å². The lowest BCUT2D eigenvalue weighted by Crippen LogP contribution is -2.30. The molecule has 3 aromatic heterocycles. The number of hydrogen-bond donors (Lipinski definition) is 0. The molecule has 0 radical (unpaired) electrons. The third-order valence-corrected chi connectivity index (χ3v) is 4.69. The summed E-state index contributed by atoms with van der Waals surface area (Å²) in [7, 11) is 0. The van der Waals surface area contributed by atoms with E-state index in [9.17, 15) is 0 Å². The van der Waals surface area contributed by atoms with Crippen LogP contribution in [0.3, 0.4) is 0 Å². The molecule has 5 nitrogen and oxygen atoms in total. The molecule has 0 unspecified atom stereocenters. The van der Waals surface area contributed by atoms with E-state index in [2.05, 4.69) is 25.9 Å². The molecule has 0 aliphatic carbocycles. The minimum Gasteiger partial charge on any atom is -0.294 e. The number of pyridine rings is 2. The standard InChI is InChI=1S/C17H17N5S/c1-23-17-19-7-12(8-20-17)10-22-5-3-16-14(11-22)6-13-9-18-4-2-15(13)21-16/h2,4,6-9H,3,5,10-11H2,1H3. The number of nitrogens with zero attached hydrogens (tertiary/aromatic N) is 5. The zero-order valence-electron chi connectivity index (χ0n) is 12.9. The molecule has 116 valence electrons. The maximum absolute atomic E-state index is 4.79. The summed E-state index contributed by atoms with van der Waals surface area (Å²) in [5, 5.41) is 1.93. The SMILES string of the molecule is CSc1ncc(CN2CCc3nc4ccncc4cc3C2)cn1. The largest absolute Gasteiger partial charge is 0.294 e. The molecular formula is C17H17N5S. The summed E-state index contributed by atoms with van der Waals surface area (Å²) < 4.78 is 0. The van der Waals surface area contributed by atoms with Gasteiger partial charge in [-0.05, 0) is 24.0 Å². The first kappa shape index (κ1) is 14.5. The second kappa shape index (κ2) is 6.22. The Morgan fingerprint density at radius 3 is 2.91 bits per heavy atom. The molecule has 0 saturated carbocycles. The molecule has 3 aromatic rings. The molecule has 0 N–H and O–H groups in total. The Hall–Kier alpha value is -2.05. The van der Waals surface area contributed by atoms with Crippen LogP contribution in [0.25, 0.3) is 10.9 Å². The first-order valence-corrected chi connectivity index (χ1v) is 8.84. The van der Waals surface area contributed by atoms with Crippen molar-refractivity contribution in [3.05, 3.63) is 53.7 Å². The van der Waals surface area contributed by atoms with Gasteiger partial charge >= 0.3 is 0 Å². The van der Waals surface area contributed by atoms with Crippen molar-refractivity contribution in [1.29, 1.82) is 0 Å². The Labute approximate surface area is 139 Å². The lowest BCUT2D eigenvalue weighted by molar-refractivity contribution is 0.243. The quantitative estimate of drug-likeness (QED) is 0.546. The predicted octanol–water partition coefficient (Wildman–Crippen LogP) is 2.70. The van der Waals surface area contributed by atoms with Gasteiger partial charge in [0.05, 0.1) is 5.52 Å². The molecule has 4 heterocycles. The molecule has 0 fully saturated rings. The van der Waals surface area contributed by atoms with Crippen LogP contribution < -0.4 is 0 Å². The Kier molecular flexibility index (Phi) is 3.93. The summed E-state index contributed by atoms with van der Waals surface area (Å²) in [4.78, 5) is 20.1. The van der Waals surface area contributed by atoms with Crippen molar-refractivity contribution in [2.24, 2.45) is 0 Å². The van der Waals surface area contributed by atoms with Crippen LogP contribution in [-0.4, -0.2) is 37.6 Å². The van der Waals surface area contributed by atoms with E-state index in [1.165, 1.54) is 11.3 Å². The molecule has 0 saturated heterocycles. The molecule has 0 spiro atoms. The zero-order chi connectivity index (χ0) is 15.6. The summed E-state index contributed by atoms with van der Waals surface area (Å²) >= 11 is 1.57. The Bertz CT molecular complexity index is 834. The third-order valence-electron chi connectivity index (χ3n) is 4.11. The van der Waals surface area contributed by atoms with E-state index in [1.807, 2.05) is 30.9 Å². The van der Waals surface area contributed by atoms with E-state index in [-0.39, 0.29) is 0 Å². The number of hydrogen-bond acceptors (Lipinski definition) is 6. The minimum atomic E-state index is 0.820. The van der Waals surface area contributed by atoms with Gasteiger partial charge in [0.15, 0.2) is 5.16 Å². The molecule has 6 heteroatoms. The van der Waals surface area contributed by atoms with E-state index in [4.69, 9.17) is 4.98 Å². The van der Waals surface area contributed by atoms with Crippen molar-refractivity contribution in [2.45, 2.75) is 24.7 Å². The van der Waals surface area contributed by atoms with E-state index in [0.29, 0.717) is 0 Å². The van der Waals surface area contributed by atoms with Crippen molar-refractivity contribution in [1.82, 2.24) is 24.8 Å². The molecule has 0 amide bonds. The number of thioether (sulfide) groups is 1. The van der Waals surface area contributed by atoms with Gasteiger partial charge in [0, 0.05) is 67.5 Å². The molecule has 23 heavy (non-hydrogen) atoms. The van der Waals surface area contributed by atoms with Gasteiger partial charge in [-0.25, -0.2) is 9.97 Å². The summed E-state index contributed by atoms with van der Waals surface area (Å²) in [6.45, 7) is 2.80. The highest BCUT2D eigenvalue weighted by molar-refractivity contribution is 7.98. The Balaban J connectivity index is 1.54. The van der Waals surface area contributed by atoms with Crippen LogP contribution in [0.4, 0.5) is 0 Å². The molecule has 0 bridgehead atoms. The molecule has 0 atom stereocenters. The van der Waals surface area contributed by atoms with Gasteiger partial charge in [-0.15, -0.1) is 0 Å². The summed E-state index contributed by atoms with van der Waals surface area (Å²) in [6, 6.07) is 4.21. The van der Waals surface area contributed by atoms with Gasteiger partial charge in [0.25, 0.3) is 0 Å². The average Bonchev–Trinajstić information content (AvgIpc) is 2.60. The van der Waals surface area contributed by atoms with E-state index in [1.54, 1.807) is 18.0 Å². The van der Waals surface area contributed by atoms with Crippen LogP contribution >= 0.6 is 11.8 Å². The van der Waals surface area contributed by atoms with E-state index >= 15 is 0 Å². The molecular weight excluding hydrogens is 306 g/mol. The summed E-state index contributed by atoms with van der Waals surface area (Å²) in [5.41, 5.74) is 4.71. The maximum atomic E-state index is 4.79. The number of aromatic nitrogens is 4. The molecule has 0 aromatic carbocycles. The van der Waals surface area contributed by atoms with Crippen LogP contribution in [0.2, 0.25) is 0 Å². The minimum absolute atomic E-state index is 0.820. The van der Waals surface area contributed by atoms with Crippen molar-refractivity contribution < 1.29 is 0 Å². The summed E-state index contributed by atoms with van der Waals surface area (Å²) in [6.07, 6.45) is 10.5. The lowest BCUT2D eigenvalue weighted by Gasteiger charge is -2.28. The second-order valence-electron chi connectivity index (χ2n) is 5.70. The first-order valence-electron chi connectivity index (χ1n) is 7.61. The molecule has 4 rings (SSSR count). The number of rotatable bonds is 3. The van der Waals surface area contributed by atoms with Crippen molar-refractivity contribution in [3.63, 3.8) is 0 Å². The van der Waals surface area contributed by atoms with Gasteiger partial charge in [-0.2, -0.15) is 0 Å². The second-order valence-corrected chi connectivity index (χ2v) is 6.47. The van der Waals surface area contributed by atoms with Gasteiger partial charge in [-0.3, -0.25) is 14.9 Å². The Morgan fingerprint density at radius 2 is 2.09 bits per heavy atom. The normalized spacial score (nSPS) is 14.8. The first-order chi connectivity index (χ1) is 11.3. The van der Waals surface area contributed by atoms with Crippen LogP contribution in [0, 0.1) is 0 Å². The monoisotopic (exact) mass is 323 g/mol. The number of fused-ring (bicyclic) bond motifs is 2. The van der Waals surface area contributed by atoms with Crippen LogP contribution in [-0.2, 0) is 19.5 Å². The zero-order valence-corrected chi connectivity index (χ0v) is 13.8. The highest BCUT2D eigenvalue weighted by Crippen LogP contribution is 2.23. The van der Waals surface area contributed by atoms with E-state index in [0.717, 1.165) is 47.7 Å². The van der Waals surface area contributed by atoms with Crippen molar-refractivity contribution >= 4 is 22.7 Å². The van der Waals surface area contributed by atoms with Crippen LogP contribution in [0.15, 0.2) is 42.1 Å². The highest BCUT2D eigenvalue weighted by Gasteiger charge is 2.18. The maximum Gasteiger partial charge on any atom is 0.187 e. The third kappa shape index (κ3) is 3.04. The average molecular weight is 323 g/mol. The Morgan fingerprint density at radius 1 is 1.22 bits per heavy atom. The van der Waals surface area contributed by atoms with Crippen LogP contribution in [0.1, 0.15) is 16.8 Å². The predicted molar refractivity (Wildman–Crippen MR) is 91.2 cm³/mol. The van der Waals surface area contributed by atoms with Gasteiger partial charge in [-0.1, -0.05) is 11.8 Å². The van der Waals surface area contributed by atoms with Gasteiger partial charge < -0.3 is 0 Å². The lowest BCUT2D eigenvalue weighted by atomic mass is 10.0. The summed E-state index contributed by atoms with van der Waals surface area (Å²) in [5.74, 6) is 0. The molecule has 1 aliphatic heterocycles. The fraction of sp³-hybridized carbons (Fsp3) is 0.294. The molecule has 1 aliphatic rings.